The number of benzene rings is 2. The molecule has 1 amide bonds. The molecule has 2 aliphatic rings. The van der Waals surface area contributed by atoms with Crippen LogP contribution in [0.25, 0.3) is 0 Å². The number of carbonyl (C=O) groups is 2. The summed E-state index contributed by atoms with van der Waals surface area (Å²) in [4.78, 5) is 42.2. The number of rotatable bonds is 9. The maximum absolute atomic E-state index is 13.4. The molecule has 0 radical (unpaired) electrons. The van der Waals surface area contributed by atoms with Gasteiger partial charge in [0.25, 0.3) is 5.91 Å². The standard InChI is InChI=1S/C35H45N5O4S/c1-6-44-33(42)27-11-8-16-40(23-27)32(41)26-10-7-9-25(21-26)24-45-34-36-30(35(2,3)4)22-31(37-34)39-19-17-38(18-20-39)28-12-14-29(43-5)15-13-28/h7,9-10,12-15,21-22,27H,6,8,11,16-20,23-24H2,1-5H3/t27-/m1/s1. The molecule has 2 saturated heterocycles. The second-order valence-electron chi connectivity index (χ2n) is 12.6. The quantitative estimate of drug-likeness (QED) is 0.165. The third-order valence-electron chi connectivity index (χ3n) is 8.37. The van der Waals surface area contributed by atoms with Gasteiger partial charge in [0.15, 0.2) is 5.16 Å². The Morgan fingerprint density at radius 1 is 0.956 bits per heavy atom. The van der Waals surface area contributed by atoms with Crippen LogP contribution in [0, 0.1) is 5.92 Å². The minimum absolute atomic E-state index is 0.0436. The van der Waals surface area contributed by atoms with E-state index in [1.807, 2.05) is 43.3 Å². The van der Waals surface area contributed by atoms with E-state index in [2.05, 4.69) is 48.8 Å². The Morgan fingerprint density at radius 2 is 1.69 bits per heavy atom. The Hall–Kier alpha value is -3.79. The average molecular weight is 632 g/mol. The summed E-state index contributed by atoms with van der Waals surface area (Å²) in [6.07, 6.45) is 1.55. The number of piperidine rings is 1. The molecule has 0 N–H and O–H groups in total. The molecule has 240 valence electrons. The van der Waals surface area contributed by atoms with Gasteiger partial charge >= 0.3 is 5.97 Å². The first kappa shape index (κ1) is 32.6. The van der Waals surface area contributed by atoms with Crippen LogP contribution in [-0.2, 0) is 20.7 Å². The summed E-state index contributed by atoms with van der Waals surface area (Å²) in [6, 6.07) is 18.1. The summed E-state index contributed by atoms with van der Waals surface area (Å²) >= 11 is 1.59. The van der Waals surface area contributed by atoms with Gasteiger partial charge in [-0.3, -0.25) is 9.59 Å². The zero-order chi connectivity index (χ0) is 32.0. The number of anilines is 2. The van der Waals surface area contributed by atoms with Crippen LogP contribution in [0.2, 0.25) is 0 Å². The van der Waals surface area contributed by atoms with Gasteiger partial charge in [0.1, 0.15) is 11.6 Å². The molecule has 2 aromatic carbocycles. The molecular weight excluding hydrogens is 586 g/mol. The second kappa shape index (κ2) is 14.5. The molecule has 0 unspecified atom stereocenters. The first-order valence-corrected chi connectivity index (χ1v) is 16.8. The Labute approximate surface area is 271 Å². The van der Waals surface area contributed by atoms with Crippen molar-refractivity contribution < 1.29 is 19.1 Å². The van der Waals surface area contributed by atoms with Crippen LogP contribution in [0.15, 0.2) is 59.8 Å². The second-order valence-corrected chi connectivity index (χ2v) is 13.6. The lowest BCUT2D eigenvalue weighted by molar-refractivity contribution is -0.149. The topological polar surface area (TPSA) is 88.1 Å². The van der Waals surface area contributed by atoms with Crippen molar-refractivity contribution in [1.29, 1.82) is 0 Å². The van der Waals surface area contributed by atoms with E-state index in [-0.39, 0.29) is 23.2 Å². The first-order valence-electron chi connectivity index (χ1n) is 15.9. The van der Waals surface area contributed by atoms with E-state index >= 15 is 0 Å². The van der Waals surface area contributed by atoms with Gasteiger partial charge < -0.3 is 24.2 Å². The highest BCUT2D eigenvalue weighted by atomic mass is 32.2. The predicted octanol–water partition coefficient (Wildman–Crippen LogP) is 5.82. The number of methoxy groups -OCH3 is 1. The van der Waals surface area contributed by atoms with Gasteiger partial charge in [-0.15, -0.1) is 0 Å². The fourth-order valence-electron chi connectivity index (χ4n) is 5.75. The van der Waals surface area contributed by atoms with Crippen LogP contribution < -0.4 is 14.5 Å². The number of likely N-dealkylation sites (tertiary alicyclic amines) is 1. The van der Waals surface area contributed by atoms with Gasteiger partial charge in [0, 0.05) is 67.8 Å². The average Bonchev–Trinajstić information content (AvgIpc) is 3.07. The summed E-state index contributed by atoms with van der Waals surface area (Å²) in [7, 11) is 1.69. The van der Waals surface area contributed by atoms with Crippen molar-refractivity contribution in [3.63, 3.8) is 0 Å². The molecule has 2 fully saturated rings. The van der Waals surface area contributed by atoms with Crippen LogP contribution in [0.1, 0.15) is 62.2 Å². The highest BCUT2D eigenvalue weighted by Crippen LogP contribution is 2.30. The molecule has 2 aliphatic heterocycles. The predicted molar refractivity (Wildman–Crippen MR) is 179 cm³/mol. The van der Waals surface area contributed by atoms with Crippen molar-refractivity contribution in [1.82, 2.24) is 14.9 Å². The Balaban J connectivity index is 1.25. The van der Waals surface area contributed by atoms with E-state index in [1.54, 1.807) is 23.8 Å². The fraction of sp³-hybridized carbons (Fsp3) is 0.486. The van der Waals surface area contributed by atoms with Crippen LogP contribution in [0.3, 0.4) is 0 Å². The number of aromatic nitrogens is 2. The summed E-state index contributed by atoms with van der Waals surface area (Å²) in [6.45, 7) is 13.3. The molecule has 0 spiro atoms. The molecule has 45 heavy (non-hydrogen) atoms. The fourth-order valence-corrected chi connectivity index (χ4v) is 6.55. The van der Waals surface area contributed by atoms with E-state index in [0.29, 0.717) is 31.0 Å². The zero-order valence-electron chi connectivity index (χ0n) is 27.1. The van der Waals surface area contributed by atoms with Crippen molar-refractivity contribution >= 4 is 35.1 Å². The third-order valence-corrected chi connectivity index (χ3v) is 9.29. The molecule has 3 aromatic rings. The largest absolute Gasteiger partial charge is 0.497 e. The highest BCUT2D eigenvalue weighted by molar-refractivity contribution is 7.98. The summed E-state index contributed by atoms with van der Waals surface area (Å²) in [5, 5.41) is 0.736. The smallest absolute Gasteiger partial charge is 0.310 e. The minimum atomic E-state index is -0.256. The number of carbonyl (C=O) groups excluding carboxylic acids is 2. The molecule has 3 heterocycles. The van der Waals surface area contributed by atoms with Gasteiger partial charge in [-0.25, -0.2) is 9.97 Å². The Bertz CT molecular complexity index is 1470. The van der Waals surface area contributed by atoms with Gasteiger partial charge in [-0.2, -0.15) is 0 Å². The van der Waals surface area contributed by atoms with Crippen molar-refractivity contribution in [2.75, 3.05) is 62.8 Å². The summed E-state index contributed by atoms with van der Waals surface area (Å²) < 4.78 is 10.5. The Kier molecular flexibility index (Phi) is 10.5. The van der Waals surface area contributed by atoms with Gasteiger partial charge in [-0.1, -0.05) is 44.7 Å². The normalized spacial score (nSPS) is 17.3. The lowest BCUT2D eigenvalue weighted by Gasteiger charge is -2.37. The number of amides is 1. The van der Waals surface area contributed by atoms with Crippen molar-refractivity contribution in [2.45, 2.75) is 56.9 Å². The SMILES string of the molecule is CCOC(=O)[C@@H]1CCCN(C(=O)c2cccc(CSc3nc(N4CCN(c5ccc(OC)cc5)CC4)cc(C(C)(C)C)n3)c2)C1. The zero-order valence-corrected chi connectivity index (χ0v) is 27.9. The molecule has 1 atom stereocenters. The monoisotopic (exact) mass is 631 g/mol. The van der Waals surface area contributed by atoms with Crippen molar-refractivity contribution in [2.24, 2.45) is 5.92 Å². The van der Waals surface area contributed by atoms with Gasteiger partial charge in [-0.05, 0) is 61.7 Å². The number of esters is 1. The summed E-state index contributed by atoms with van der Waals surface area (Å²) in [5.74, 6) is 1.95. The molecule has 0 aliphatic carbocycles. The van der Waals surface area contributed by atoms with Gasteiger partial charge in [0.2, 0.25) is 0 Å². The van der Waals surface area contributed by atoms with Crippen LogP contribution in [-0.4, -0.2) is 79.7 Å². The van der Waals surface area contributed by atoms with E-state index in [0.717, 1.165) is 67.0 Å². The van der Waals surface area contributed by atoms with Crippen molar-refractivity contribution in [3.8, 4) is 5.75 Å². The summed E-state index contributed by atoms with van der Waals surface area (Å²) in [5.41, 5.74) is 3.75. The molecule has 5 rings (SSSR count). The van der Waals surface area contributed by atoms with E-state index in [4.69, 9.17) is 19.4 Å². The lowest BCUT2D eigenvalue weighted by atomic mass is 9.92. The number of piperazine rings is 1. The molecule has 9 nitrogen and oxygen atoms in total. The number of nitrogens with zero attached hydrogens (tertiary/aromatic N) is 5. The third kappa shape index (κ3) is 8.28. The van der Waals surface area contributed by atoms with Crippen LogP contribution in [0.5, 0.6) is 5.75 Å². The van der Waals surface area contributed by atoms with Crippen molar-refractivity contribution in [3.05, 3.63) is 71.4 Å². The van der Waals surface area contributed by atoms with Crippen LogP contribution in [0.4, 0.5) is 11.5 Å². The maximum atomic E-state index is 13.4. The van der Waals surface area contributed by atoms with Crippen LogP contribution >= 0.6 is 11.8 Å². The molecule has 0 bridgehead atoms. The maximum Gasteiger partial charge on any atom is 0.310 e. The number of ether oxygens (including phenoxy) is 2. The molecule has 1 aromatic heterocycles. The van der Waals surface area contributed by atoms with E-state index < -0.39 is 0 Å². The first-order chi connectivity index (χ1) is 21.6. The molecule has 10 heteroatoms. The Morgan fingerprint density at radius 3 is 2.38 bits per heavy atom. The lowest BCUT2D eigenvalue weighted by Crippen LogP contribution is -2.47. The minimum Gasteiger partial charge on any atom is -0.497 e. The number of thioether (sulfide) groups is 1. The molecule has 0 saturated carbocycles. The van der Waals surface area contributed by atoms with E-state index in [1.165, 1.54) is 5.69 Å². The number of hydrogen-bond acceptors (Lipinski definition) is 9. The number of hydrogen-bond donors (Lipinski definition) is 0. The van der Waals surface area contributed by atoms with Gasteiger partial charge in [0.05, 0.1) is 25.3 Å². The highest BCUT2D eigenvalue weighted by Gasteiger charge is 2.30. The van der Waals surface area contributed by atoms with E-state index in [9.17, 15) is 9.59 Å². The molecular formula is C35H45N5O4S.